The molecule has 1 amide bonds. The highest BCUT2D eigenvalue weighted by Gasteiger charge is 2.29. The van der Waals surface area contributed by atoms with Crippen LogP contribution in [0.4, 0.5) is 14.5 Å². The highest BCUT2D eigenvalue weighted by molar-refractivity contribution is 7.89. The van der Waals surface area contributed by atoms with E-state index in [0.29, 0.717) is 25.2 Å². The van der Waals surface area contributed by atoms with E-state index in [4.69, 9.17) is 4.74 Å². The second-order valence-electron chi connectivity index (χ2n) is 6.24. The second-order valence-corrected chi connectivity index (χ2v) is 8.15. The summed E-state index contributed by atoms with van der Waals surface area (Å²) in [7, 11) is -3.82. The number of aryl methyl sites for hydroxylation is 1. The molecule has 1 fully saturated rings. The Morgan fingerprint density at radius 2 is 1.79 bits per heavy atom. The van der Waals surface area contributed by atoms with Gasteiger partial charge in [-0.25, -0.2) is 17.2 Å². The number of anilines is 1. The number of nitrogens with one attached hydrogen (secondary N) is 1. The Bertz CT molecular complexity index is 969. The lowest BCUT2D eigenvalue weighted by Gasteiger charge is -2.27. The van der Waals surface area contributed by atoms with Crippen molar-refractivity contribution in [3.63, 3.8) is 0 Å². The molecule has 0 atom stereocenters. The molecule has 2 aromatic rings. The molecule has 0 aliphatic carbocycles. The van der Waals surface area contributed by atoms with Crippen LogP contribution in [-0.2, 0) is 21.2 Å². The van der Waals surface area contributed by atoms with Crippen LogP contribution in [0, 0.1) is 11.6 Å². The maximum atomic E-state index is 13.8. The Balaban J connectivity index is 1.95. The van der Waals surface area contributed by atoms with Crippen LogP contribution in [0.1, 0.15) is 22.8 Å². The number of amides is 1. The molecule has 1 saturated heterocycles. The highest BCUT2D eigenvalue weighted by atomic mass is 32.2. The van der Waals surface area contributed by atoms with Gasteiger partial charge in [0.25, 0.3) is 5.91 Å². The van der Waals surface area contributed by atoms with E-state index in [0.717, 1.165) is 12.1 Å². The number of rotatable bonds is 5. The lowest BCUT2D eigenvalue weighted by atomic mass is 10.1. The highest BCUT2D eigenvalue weighted by Crippen LogP contribution is 2.25. The Labute approximate surface area is 162 Å². The summed E-state index contributed by atoms with van der Waals surface area (Å²) < 4.78 is 60.1. The Hall–Kier alpha value is -2.36. The fraction of sp³-hybridized carbons (Fsp3) is 0.316. The summed E-state index contributed by atoms with van der Waals surface area (Å²) in [4.78, 5) is 12.5. The fourth-order valence-electron chi connectivity index (χ4n) is 2.96. The van der Waals surface area contributed by atoms with E-state index in [9.17, 15) is 22.0 Å². The van der Waals surface area contributed by atoms with Crippen LogP contribution in [0.15, 0.2) is 41.3 Å². The predicted molar refractivity (Wildman–Crippen MR) is 99.7 cm³/mol. The van der Waals surface area contributed by atoms with Crippen LogP contribution in [-0.4, -0.2) is 44.9 Å². The van der Waals surface area contributed by atoms with E-state index in [-0.39, 0.29) is 23.5 Å². The van der Waals surface area contributed by atoms with Crippen molar-refractivity contribution in [3.05, 3.63) is 59.2 Å². The van der Waals surface area contributed by atoms with Crippen molar-refractivity contribution in [2.75, 3.05) is 31.6 Å². The van der Waals surface area contributed by atoms with Gasteiger partial charge in [-0.3, -0.25) is 4.79 Å². The van der Waals surface area contributed by atoms with Crippen molar-refractivity contribution in [1.29, 1.82) is 0 Å². The SMILES string of the molecule is CCc1ccc(C(=O)Nc2c(F)cccc2F)cc1S(=O)(=O)N1CCOCC1. The molecule has 1 aliphatic rings. The zero-order valence-electron chi connectivity index (χ0n) is 15.2. The first-order valence-corrected chi connectivity index (χ1v) is 10.2. The van der Waals surface area contributed by atoms with Crippen molar-refractivity contribution in [3.8, 4) is 0 Å². The Morgan fingerprint density at radius 3 is 2.39 bits per heavy atom. The topological polar surface area (TPSA) is 75.7 Å². The maximum Gasteiger partial charge on any atom is 0.255 e. The number of carbonyl (C=O) groups is 1. The zero-order valence-corrected chi connectivity index (χ0v) is 16.1. The smallest absolute Gasteiger partial charge is 0.255 e. The van der Waals surface area contributed by atoms with Gasteiger partial charge in [-0.15, -0.1) is 0 Å². The molecule has 3 rings (SSSR count). The Morgan fingerprint density at radius 1 is 1.14 bits per heavy atom. The Kier molecular flexibility index (Phi) is 6.07. The number of hydrogen-bond acceptors (Lipinski definition) is 4. The van der Waals surface area contributed by atoms with Gasteiger partial charge >= 0.3 is 0 Å². The number of hydrogen-bond donors (Lipinski definition) is 1. The molecule has 0 radical (unpaired) electrons. The molecule has 0 saturated carbocycles. The molecule has 9 heteroatoms. The number of sulfonamides is 1. The van der Waals surface area contributed by atoms with Crippen molar-refractivity contribution >= 4 is 21.6 Å². The van der Waals surface area contributed by atoms with Crippen LogP contribution >= 0.6 is 0 Å². The van der Waals surface area contributed by atoms with Gasteiger partial charge in [-0.05, 0) is 36.2 Å². The molecule has 28 heavy (non-hydrogen) atoms. The van der Waals surface area contributed by atoms with Crippen LogP contribution in [0.5, 0.6) is 0 Å². The molecular formula is C19H20F2N2O4S. The summed E-state index contributed by atoms with van der Waals surface area (Å²) >= 11 is 0. The number of carbonyl (C=O) groups excluding carboxylic acids is 1. The molecule has 0 aromatic heterocycles. The summed E-state index contributed by atoms with van der Waals surface area (Å²) in [6.45, 7) is 2.85. The van der Waals surface area contributed by atoms with Gasteiger partial charge in [-0.2, -0.15) is 4.31 Å². The molecule has 1 N–H and O–H groups in total. The van der Waals surface area contributed by atoms with Gasteiger partial charge in [0.15, 0.2) is 0 Å². The summed E-state index contributed by atoms with van der Waals surface area (Å²) in [5, 5.41) is 2.17. The van der Waals surface area contributed by atoms with Crippen molar-refractivity contribution in [2.24, 2.45) is 0 Å². The molecule has 2 aromatic carbocycles. The lowest BCUT2D eigenvalue weighted by Crippen LogP contribution is -2.41. The van der Waals surface area contributed by atoms with Crippen LogP contribution in [0.3, 0.4) is 0 Å². The monoisotopic (exact) mass is 410 g/mol. The average molecular weight is 410 g/mol. The summed E-state index contributed by atoms with van der Waals surface area (Å²) in [6, 6.07) is 7.45. The largest absolute Gasteiger partial charge is 0.379 e. The zero-order chi connectivity index (χ0) is 20.3. The second kappa shape index (κ2) is 8.34. The first kappa shape index (κ1) is 20.4. The van der Waals surface area contributed by atoms with E-state index in [2.05, 4.69) is 5.32 Å². The normalized spacial score (nSPS) is 15.4. The van der Waals surface area contributed by atoms with E-state index in [1.54, 1.807) is 6.07 Å². The number of para-hydroxylation sites is 1. The van der Waals surface area contributed by atoms with Gasteiger partial charge in [-0.1, -0.05) is 19.1 Å². The van der Waals surface area contributed by atoms with Crippen molar-refractivity contribution in [1.82, 2.24) is 4.31 Å². The molecule has 1 aliphatic heterocycles. The summed E-state index contributed by atoms with van der Waals surface area (Å²) in [5.74, 6) is -2.63. The van der Waals surface area contributed by atoms with Gasteiger partial charge in [0.05, 0.1) is 18.1 Å². The van der Waals surface area contributed by atoms with Crippen molar-refractivity contribution < 1.29 is 26.7 Å². The standard InChI is InChI=1S/C19H20F2N2O4S/c1-2-13-6-7-14(19(24)22-18-15(20)4-3-5-16(18)21)12-17(13)28(25,26)23-8-10-27-11-9-23/h3-7,12H,2,8-11H2,1H3,(H,22,24). The first-order chi connectivity index (χ1) is 13.3. The minimum atomic E-state index is -3.82. The average Bonchev–Trinajstić information content (AvgIpc) is 2.71. The number of halogens is 2. The summed E-state index contributed by atoms with van der Waals surface area (Å²) in [5.41, 5.74) is -0.0311. The van der Waals surface area contributed by atoms with Gasteiger partial charge in [0.2, 0.25) is 10.0 Å². The third-order valence-corrected chi connectivity index (χ3v) is 6.48. The van der Waals surface area contributed by atoms with Gasteiger partial charge in [0, 0.05) is 18.7 Å². The molecule has 6 nitrogen and oxygen atoms in total. The predicted octanol–water partition coefficient (Wildman–Crippen LogP) is 2.80. The van der Waals surface area contributed by atoms with Gasteiger partial charge in [0.1, 0.15) is 17.3 Å². The first-order valence-electron chi connectivity index (χ1n) is 8.80. The van der Waals surface area contributed by atoms with E-state index in [1.807, 2.05) is 6.92 Å². The lowest BCUT2D eigenvalue weighted by molar-refractivity contribution is 0.0730. The molecule has 1 heterocycles. The third-order valence-electron chi connectivity index (χ3n) is 4.50. The van der Waals surface area contributed by atoms with Crippen LogP contribution in [0.25, 0.3) is 0 Å². The van der Waals surface area contributed by atoms with E-state index < -0.39 is 33.3 Å². The molecule has 0 spiro atoms. The molecule has 0 unspecified atom stereocenters. The quantitative estimate of drug-likeness (QED) is 0.823. The van der Waals surface area contributed by atoms with Gasteiger partial charge < -0.3 is 10.1 Å². The van der Waals surface area contributed by atoms with Crippen molar-refractivity contribution in [2.45, 2.75) is 18.2 Å². The number of nitrogens with zero attached hydrogens (tertiary/aromatic N) is 1. The molecule has 150 valence electrons. The summed E-state index contributed by atoms with van der Waals surface area (Å²) in [6.07, 6.45) is 0.447. The minimum Gasteiger partial charge on any atom is -0.379 e. The third kappa shape index (κ3) is 4.06. The van der Waals surface area contributed by atoms with Crippen LogP contribution in [0.2, 0.25) is 0 Å². The number of ether oxygens (including phenoxy) is 1. The van der Waals surface area contributed by atoms with E-state index in [1.165, 1.54) is 22.5 Å². The number of morpholine rings is 1. The maximum absolute atomic E-state index is 13.8. The number of benzene rings is 2. The molecular weight excluding hydrogens is 390 g/mol. The fourth-order valence-corrected chi connectivity index (χ4v) is 4.68. The minimum absolute atomic E-state index is 0.00770. The van der Waals surface area contributed by atoms with Crippen LogP contribution < -0.4 is 5.32 Å². The van der Waals surface area contributed by atoms with E-state index >= 15 is 0 Å². The molecule has 0 bridgehead atoms.